The first kappa shape index (κ1) is 13.4. The van der Waals surface area contributed by atoms with Gasteiger partial charge in [-0.05, 0) is 32.7 Å². The average molecular weight is 250 g/mol. The molecule has 0 bridgehead atoms. The average Bonchev–Trinajstić information content (AvgIpc) is 2.87. The second-order valence-corrected chi connectivity index (χ2v) is 5.11. The van der Waals surface area contributed by atoms with Crippen molar-refractivity contribution in [3.8, 4) is 0 Å². The van der Waals surface area contributed by atoms with Gasteiger partial charge in [0.05, 0.1) is 0 Å². The number of rotatable bonds is 6. The number of nitrogens with zero attached hydrogens (tertiary/aromatic N) is 3. The molecule has 2 rings (SSSR count). The number of hydrogen-bond donors (Lipinski definition) is 1. The predicted molar refractivity (Wildman–Crippen MR) is 76.0 cm³/mol. The minimum Gasteiger partial charge on any atom is -0.341 e. The Labute approximate surface area is 110 Å². The summed E-state index contributed by atoms with van der Waals surface area (Å²) >= 11 is 0. The molecule has 0 radical (unpaired) electrons. The largest absolute Gasteiger partial charge is 0.341 e. The lowest BCUT2D eigenvalue weighted by Gasteiger charge is -2.31. The fourth-order valence-corrected chi connectivity index (χ4v) is 2.72. The van der Waals surface area contributed by atoms with E-state index < -0.39 is 0 Å². The summed E-state index contributed by atoms with van der Waals surface area (Å²) in [5.74, 6) is 1.13. The highest BCUT2D eigenvalue weighted by Crippen LogP contribution is 2.15. The molecule has 1 N–H and O–H groups in total. The molecule has 18 heavy (non-hydrogen) atoms. The van der Waals surface area contributed by atoms with E-state index in [1.54, 1.807) is 0 Å². The highest BCUT2D eigenvalue weighted by molar-refractivity contribution is 5.31. The van der Waals surface area contributed by atoms with Gasteiger partial charge in [0.15, 0.2) is 0 Å². The number of nitrogens with one attached hydrogen (secondary N) is 1. The van der Waals surface area contributed by atoms with Gasteiger partial charge in [0.2, 0.25) is 5.95 Å². The topological polar surface area (TPSA) is 33.1 Å². The van der Waals surface area contributed by atoms with Crippen molar-refractivity contribution < 1.29 is 0 Å². The Kier molecular flexibility index (Phi) is 5.05. The van der Waals surface area contributed by atoms with Gasteiger partial charge < -0.3 is 14.8 Å². The normalized spacial score (nSPS) is 20.0. The maximum atomic E-state index is 4.53. The molecule has 0 aliphatic carbocycles. The van der Waals surface area contributed by atoms with E-state index in [2.05, 4.69) is 39.8 Å². The molecule has 0 aromatic carbocycles. The maximum Gasteiger partial charge on any atom is 0.205 e. The molecular formula is C14H26N4. The summed E-state index contributed by atoms with van der Waals surface area (Å²) in [4.78, 5) is 6.97. The van der Waals surface area contributed by atoms with Crippen molar-refractivity contribution in [2.45, 2.75) is 52.1 Å². The predicted octanol–water partition coefficient (Wildman–Crippen LogP) is 2.26. The van der Waals surface area contributed by atoms with Gasteiger partial charge in [0.25, 0.3) is 0 Å². The van der Waals surface area contributed by atoms with Crippen LogP contribution in [0.15, 0.2) is 12.4 Å². The fraction of sp³-hybridized carbons (Fsp3) is 0.786. The van der Waals surface area contributed by atoms with Crippen LogP contribution in [0.5, 0.6) is 0 Å². The van der Waals surface area contributed by atoms with E-state index in [9.17, 15) is 0 Å². The van der Waals surface area contributed by atoms with Crippen molar-refractivity contribution >= 4 is 5.95 Å². The van der Waals surface area contributed by atoms with E-state index in [0.717, 1.165) is 25.6 Å². The summed E-state index contributed by atoms with van der Waals surface area (Å²) in [6.45, 7) is 8.76. The van der Waals surface area contributed by atoms with E-state index in [1.807, 2.05) is 6.20 Å². The third kappa shape index (κ3) is 3.25. The minimum absolute atomic E-state index is 0.632. The molecule has 1 saturated heterocycles. The third-order valence-corrected chi connectivity index (χ3v) is 3.66. The van der Waals surface area contributed by atoms with Crippen LogP contribution >= 0.6 is 0 Å². The van der Waals surface area contributed by atoms with Gasteiger partial charge in [-0.3, -0.25) is 0 Å². The van der Waals surface area contributed by atoms with Gasteiger partial charge >= 0.3 is 0 Å². The lowest BCUT2D eigenvalue weighted by Crippen LogP contribution is -2.44. The molecular weight excluding hydrogens is 224 g/mol. The zero-order chi connectivity index (χ0) is 12.8. The summed E-state index contributed by atoms with van der Waals surface area (Å²) in [5, 5.41) is 3.63. The molecule has 1 aromatic heterocycles. The Morgan fingerprint density at radius 2 is 2.33 bits per heavy atom. The number of imidazole rings is 1. The number of hydrogen-bond acceptors (Lipinski definition) is 3. The van der Waals surface area contributed by atoms with E-state index in [4.69, 9.17) is 0 Å². The summed E-state index contributed by atoms with van der Waals surface area (Å²) in [7, 11) is 0. The van der Waals surface area contributed by atoms with Crippen molar-refractivity contribution in [3.05, 3.63) is 12.4 Å². The molecule has 2 heterocycles. The standard InChI is InChI=1S/C14H26N4/c1-3-10-18(12-13-7-5-6-8-15-13)14-16-9-11-17(14)4-2/h9,11,13,15H,3-8,10,12H2,1-2H3. The van der Waals surface area contributed by atoms with Crippen molar-refractivity contribution in [1.29, 1.82) is 0 Å². The summed E-state index contributed by atoms with van der Waals surface area (Å²) < 4.78 is 2.23. The van der Waals surface area contributed by atoms with Gasteiger partial charge in [-0.2, -0.15) is 0 Å². The molecule has 1 atom stereocenters. The van der Waals surface area contributed by atoms with Crippen LogP contribution in [0.4, 0.5) is 5.95 Å². The number of aryl methyl sites for hydroxylation is 1. The Morgan fingerprint density at radius 3 is 3.00 bits per heavy atom. The second kappa shape index (κ2) is 6.78. The molecule has 0 amide bonds. The molecule has 1 aromatic rings. The molecule has 1 aliphatic heterocycles. The molecule has 0 saturated carbocycles. The summed E-state index contributed by atoms with van der Waals surface area (Å²) in [5.41, 5.74) is 0. The third-order valence-electron chi connectivity index (χ3n) is 3.66. The van der Waals surface area contributed by atoms with Gasteiger partial charge in [0, 0.05) is 38.1 Å². The van der Waals surface area contributed by atoms with E-state index in [-0.39, 0.29) is 0 Å². The SMILES string of the molecule is CCCN(CC1CCCCN1)c1nccn1CC. The Bertz CT molecular complexity index is 341. The molecule has 1 aliphatic rings. The lowest BCUT2D eigenvalue weighted by molar-refractivity contribution is 0.396. The molecule has 102 valence electrons. The first-order valence-electron chi connectivity index (χ1n) is 7.34. The number of aromatic nitrogens is 2. The van der Waals surface area contributed by atoms with Crippen LogP contribution in [-0.4, -0.2) is 35.2 Å². The number of piperidine rings is 1. The summed E-state index contributed by atoms with van der Waals surface area (Å²) in [6.07, 6.45) is 9.14. The smallest absolute Gasteiger partial charge is 0.205 e. The molecule has 4 heteroatoms. The van der Waals surface area contributed by atoms with Crippen LogP contribution in [0.1, 0.15) is 39.5 Å². The van der Waals surface area contributed by atoms with Gasteiger partial charge in [-0.1, -0.05) is 13.3 Å². The van der Waals surface area contributed by atoms with Crippen LogP contribution in [-0.2, 0) is 6.54 Å². The highest BCUT2D eigenvalue weighted by Gasteiger charge is 2.18. The highest BCUT2D eigenvalue weighted by atomic mass is 15.3. The minimum atomic E-state index is 0.632. The zero-order valence-corrected chi connectivity index (χ0v) is 11.7. The van der Waals surface area contributed by atoms with Crippen LogP contribution in [0.25, 0.3) is 0 Å². The van der Waals surface area contributed by atoms with Crippen LogP contribution in [0.3, 0.4) is 0 Å². The first-order valence-corrected chi connectivity index (χ1v) is 7.34. The van der Waals surface area contributed by atoms with Crippen molar-refractivity contribution in [2.24, 2.45) is 0 Å². The van der Waals surface area contributed by atoms with E-state index in [1.165, 1.54) is 32.2 Å². The van der Waals surface area contributed by atoms with Gasteiger partial charge in [-0.15, -0.1) is 0 Å². The van der Waals surface area contributed by atoms with Crippen molar-refractivity contribution in [1.82, 2.24) is 14.9 Å². The molecule has 4 nitrogen and oxygen atoms in total. The Balaban J connectivity index is 2.02. The van der Waals surface area contributed by atoms with Crippen LogP contribution in [0, 0.1) is 0 Å². The molecule has 0 spiro atoms. The number of anilines is 1. The van der Waals surface area contributed by atoms with E-state index in [0.29, 0.717) is 6.04 Å². The first-order chi connectivity index (χ1) is 8.85. The second-order valence-electron chi connectivity index (χ2n) is 5.11. The van der Waals surface area contributed by atoms with Crippen LogP contribution in [0.2, 0.25) is 0 Å². The quantitative estimate of drug-likeness (QED) is 0.840. The van der Waals surface area contributed by atoms with Crippen molar-refractivity contribution in [2.75, 3.05) is 24.5 Å². The lowest BCUT2D eigenvalue weighted by atomic mass is 10.0. The van der Waals surface area contributed by atoms with Crippen molar-refractivity contribution in [3.63, 3.8) is 0 Å². The Morgan fingerprint density at radius 1 is 1.44 bits per heavy atom. The van der Waals surface area contributed by atoms with E-state index >= 15 is 0 Å². The maximum absolute atomic E-state index is 4.53. The van der Waals surface area contributed by atoms with Crippen LogP contribution < -0.4 is 10.2 Å². The monoisotopic (exact) mass is 250 g/mol. The fourth-order valence-electron chi connectivity index (χ4n) is 2.72. The summed E-state index contributed by atoms with van der Waals surface area (Å²) in [6, 6.07) is 0.632. The Hall–Kier alpha value is -1.03. The van der Waals surface area contributed by atoms with Gasteiger partial charge in [0.1, 0.15) is 0 Å². The zero-order valence-electron chi connectivity index (χ0n) is 11.7. The molecule has 1 fully saturated rings. The van der Waals surface area contributed by atoms with Gasteiger partial charge in [-0.25, -0.2) is 4.98 Å². The molecule has 1 unspecified atom stereocenters.